The summed E-state index contributed by atoms with van der Waals surface area (Å²) in [5.74, 6) is 1.92. The molecular formula is C16H24N4O2. The molecule has 2 heterocycles. The average molecular weight is 304 g/mol. The normalized spacial score (nSPS) is 12.6. The quantitative estimate of drug-likeness (QED) is 0.823. The van der Waals surface area contributed by atoms with Crippen LogP contribution in [0.1, 0.15) is 56.9 Å². The van der Waals surface area contributed by atoms with Crippen LogP contribution in [0, 0.1) is 0 Å². The van der Waals surface area contributed by atoms with Crippen molar-refractivity contribution in [2.45, 2.75) is 52.6 Å². The molecule has 120 valence electrons. The van der Waals surface area contributed by atoms with Crippen LogP contribution in [-0.2, 0) is 17.8 Å². The van der Waals surface area contributed by atoms with Gasteiger partial charge in [0.25, 0.3) is 0 Å². The smallest absolute Gasteiger partial charge is 0.245 e. The van der Waals surface area contributed by atoms with E-state index in [2.05, 4.69) is 24.0 Å². The van der Waals surface area contributed by atoms with Crippen LogP contribution >= 0.6 is 0 Å². The lowest BCUT2D eigenvalue weighted by Crippen LogP contribution is -2.33. The van der Waals surface area contributed by atoms with Crippen LogP contribution in [0.2, 0.25) is 0 Å². The predicted octanol–water partition coefficient (Wildman–Crippen LogP) is 2.78. The van der Waals surface area contributed by atoms with Crippen molar-refractivity contribution >= 4 is 5.91 Å². The van der Waals surface area contributed by atoms with E-state index in [0.29, 0.717) is 12.3 Å². The molecule has 22 heavy (non-hydrogen) atoms. The Balaban J connectivity index is 2.07. The topological polar surface area (TPSA) is 64.2 Å². The first-order valence-electron chi connectivity index (χ1n) is 7.66. The SMILES string of the molecule is CCc1cc(CN(C)C(=O)C(C)n2ccnc2C(C)C)on1. The Hall–Kier alpha value is -2.11. The molecule has 0 saturated heterocycles. The van der Waals surface area contributed by atoms with Gasteiger partial charge in [-0.2, -0.15) is 0 Å². The second-order valence-electron chi connectivity index (χ2n) is 5.86. The van der Waals surface area contributed by atoms with Crippen molar-refractivity contribution in [2.24, 2.45) is 0 Å². The summed E-state index contributed by atoms with van der Waals surface area (Å²) in [7, 11) is 1.78. The molecule has 0 aliphatic rings. The lowest BCUT2D eigenvalue weighted by atomic mass is 10.2. The summed E-state index contributed by atoms with van der Waals surface area (Å²) in [4.78, 5) is 18.6. The number of aryl methyl sites for hydroxylation is 1. The van der Waals surface area contributed by atoms with Gasteiger partial charge < -0.3 is 14.0 Å². The molecule has 0 fully saturated rings. The van der Waals surface area contributed by atoms with E-state index in [1.807, 2.05) is 30.7 Å². The van der Waals surface area contributed by atoms with Crippen molar-refractivity contribution in [1.29, 1.82) is 0 Å². The molecule has 2 rings (SSSR count). The summed E-state index contributed by atoms with van der Waals surface area (Å²) in [6.07, 6.45) is 4.42. The third kappa shape index (κ3) is 3.37. The first-order valence-corrected chi connectivity index (χ1v) is 7.66. The van der Waals surface area contributed by atoms with E-state index in [9.17, 15) is 4.79 Å². The fourth-order valence-electron chi connectivity index (χ4n) is 2.45. The lowest BCUT2D eigenvalue weighted by Gasteiger charge is -2.23. The van der Waals surface area contributed by atoms with Crippen LogP contribution in [0.15, 0.2) is 23.0 Å². The molecule has 1 amide bonds. The van der Waals surface area contributed by atoms with Crippen LogP contribution in [-0.4, -0.2) is 32.6 Å². The van der Waals surface area contributed by atoms with E-state index in [0.717, 1.165) is 17.9 Å². The molecule has 0 aromatic carbocycles. The predicted molar refractivity (Wildman–Crippen MR) is 83.4 cm³/mol. The summed E-state index contributed by atoms with van der Waals surface area (Å²) < 4.78 is 7.18. The number of imidazole rings is 1. The summed E-state index contributed by atoms with van der Waals surface area (Å²) in [5, 5.41) is 3.95. The monoisotopic (exact) mass is 304 g/mol. The summed E-state index contributed by atoms with van der Waals surface area (Å²) >= 11 is 0. The largest absolute Gasteiger partial charge is 0.359 e. The van der Waals surface area contributed by atoms with Gasteiger partial charge in [0.15, 0.2) is 5.76 Å². The Kier molecular flexibility index (Phi) is 5.00. The van der Waals surface area contributed by atoms with Crippen molar-refractivity contribution in [1.82, 2.24) is 19.6 Å². The molecule has 1 atom stereocenters. The van der Waals surface area contributed by atoms with E-state index >= 15 is 0 Å². The summed E-state index contributed by atoms with van der Waals surface area (Å²) in [6, 6.07) is 1.60. The third-order valence-electron chi connectivity index (χ3n) is 3.73. The summed E-state index contributed by atoms with van der Waals surface area (Å²) in [5.41, 5.74) is 0.903. The number of hydrogen-bond donors (Lipinski definition) is 0. The Bertz CT molecular complexity index is 630. The van der Waals surface area contributed by atoms with E-state index in [-0.39, 0.29) is 17.9 Å². The highest BCUT2D eigenvalue weighted by molar-refractivity contribution is 5.79. The van der Waals surface area contributed by atoms with E-state index < -0.39 is 0 Å². The van der Waals surface area contributed by atoms with Gasteiger partial charge in [0.1, 0.15) is 11.9 Å². The van der Waals surface area contributed by atoms with Crippen LogP contribution in [0.5, 0.6) is 0 Å². The van der Waals surface area contributed by atoms with Crippen molar-refractivity contribution in [3.8, 4) is 0 Å². The highest BCUT2D eigenvalue weighted by Gasteiger charge is 2.23. The molecule has 0 aliphatic heterocycles. The zero-order valence-corrected chi connectivity index (χ0v) is 13.9. The first-order chi connectivity index (χ1) is 10.4. The average Bonchev–Trinajstić information content (AvgIpc) is 3.14. The standard InChI is InChI=1S/C16H24N4O2/c1-6-13-9-14(22-18-13)10-19(5)16(21)12(4)20-8-7-17-15(20)11(2)3/h7-9,11-12H,6,10H2,1-5H3. The third-order valence-corrected chi connectivity index (χ3v) is 3.73. The number of likely N-dealkylation sites (N-methyl/N-ethyl adjacent to an activating group) is 1. The first kappa shape index (κ1) is 16.3. The molecule has 0 saturated carbocycles. The zero-order valence-electron chi connectivity index (χ0n) is 13.9. The molecule has 0 radical (unpaired) electrons. The Morgan fingerprint density at radius 1 is 1.41 bits per heavy atom. The van der Waals surface area contributed by atoms with Gasteiger partial charge in [0.2, 0.25) is 5.91 Å². The van der Waals surface area contributed by atoms with E-state index in [4.69, 9.17) is 4.52 Å². The van der Waals surface area contributed by atoms with Crippen molar-refractivity contribution < 1.29 is 9.32 Å². The van der Waals surface area contributed by atoms with Gasteiger partial charge in [-0.25, -0.2) is 4.98 Å². The fourth-order valence-corrected chi connectivity index (χ4v) is 2.45. The molecule has 1 unspecified atom stereocenters. The molecule has 0 bridgehead atoms. The molecule has 2 aromatic heterocycles. The van der Waals surface area contributed by atoms with Gasteiger partial charge >= 0.3 is 0 Å². The maximum atomic E-state index is 12.6. The van der Waals surface area contributed by atoms with Crippen LogP contribution in [0.4, 0.5) is 0 Å². The van der Waals surface area contributed by atoms with Crippen LogP contribution < -0.4 is 0 Å². The maximum absolute atomic E-state index is 12.6. The Morgan fingerprint density at radius 3 is 2.73 bits per heavy atom. The fraction of sp³-hybridized carbons (Fsp3) is 0.562. The lowest BCUT2D eigenvalue weighted by molar-refractivity contribution is -0.133. The molecule has 6 heteroatoms. The second-order valence-corrected chi connectivity index (χ2v) is 5.86. The molecular weight excluding hydrogens is 280 g/mol. The molecule has 6 nitrogen and oxygen atoms in total. The highest BCUT2D eigenvalue weighted by Crippen LogP contribution is 2.19. The number of carbonyl (C=O) groups excluding carboxylic acids is 1. The van der Waals surface area contributed by atoms with Gasteiger partial charge in [-0.05, 0) is 13.3 Å². The molecule has 2 aromatic rings. The molecule has 0 N–H and O–H groups in total. The minimum Gasteiger partial charge on any atom is -0.359 e. The maximum Gasteiger partial charge on any atom is 0.245 e. The number of rotatable bonds is 6. The minimum absolute atomic E-state index is 0.0225. The second kappa shape index (κ2) is 6.77. The van der Waals surface area contributed by atoms with Crippen molar-refractivity contribution in [2.75, 3.05) is 7.05 Å². The number of aromatic nitrogens is 3. The van der Waals surface area contributed by atoms with Gasteiger partial charge in [0, 0.05) is 31.4 Å². The molecule has 0 spiro atoms. The Labute approximate surface area is 131 Å². The van der Waals surface area contributed by atoms with Gasteiger partial charge in [-0.1, -0.05) is 25.9 Å². The van der Waals surface area contributed by atoms with Crippen LogP contribution in [0.3, 0.4) is 0 Å². The zero-order chi connectivity index (χ0) is 16.3. The minimum atomic E-state index is -0.293. The van der Waals surface area contributed by atoms with Crippen LogP contribution in [0.25, 0.3) is 0 Å². The van der Waals surface area contributed by atoms with Gasteiger partial charge in [-0.15, -0.1) is 0 Å². The van der Waals surface area contributed by atoms with Gasteiger partial charge in [-0.3, -0.25) is 4.79 Å². The summed E-state index contributed by atoms with van der Waals surface area (Å²) in [6.45, 7) is 8.47. The number of hydrogen-bond acceptors (Lipinski definition) is 4. The molecule has 0 aliphatic carbocycles. The highest BCUT2D eigenvalue weighted by atomic mass is 16.5. The Morgan fingerprint density at radius 2 is 2.14 bits per heavy atom. The number of amides is 1. The van der Waals surface area contributed by atoms with Gasteiger partial charge in [0.05, 0.1) is 12.2 Å². The number of nitrogens with zero attached hydrogens (tertiary/aromatic N) is 4. The van der Waals surface area contributed by atoms with Crippen molar-refractivity contribution in [3.63, 3.8) is 0 Å². The number of carbonyl (C=O) groups is 1. The van der Waals surface area contributed by atoms with E-state index in [1.54, 1.807) is 18.1 Å². The van der Waals surface area contributed by atoms with Crippen molar-refractivity contribution in [3.05, 3.63) is 35.7 Å². The van der Waals surface area contributed by atoms with E-state index in [1.165, 1.54) is 0 Å².